The van der Waals surface area contributed by atoms with Crippen LogP contribution >= 0.6 is 19.6 Å². The second-order valence-corrected chi connectivity index (χ2v) is 3.47. The number of hydrogen-bond donors (Lipinski definition) is 1. The summed E-state index contributed by atoms with van der Waals surface area (Å²) in [6.45, 7) is -0.357. The summed E-state index contributed by atoms with van der Waals surface area (Å²) >= 11 is 0.784. The standard InChI is InChI=1S/C4H6N2O5PS/c1-10-3-5-6(4(7)13-3)2-11-12(8)9/h2H2,1H3,(H,8,9). The van der Waals surface area contributed by atoms with Crippen LogP contribution in [-0.2, 0) is 15.8 Å². The van der Waals surface area contributed by atoms with Crippen LogP contribution in [0.3, 0.4) is 0 Å². The van der Waals surface area contributed by atoms with Crippen LogP contribution in [0.25, 0.3) is 0 Å². The molecular formula is C4H6N2O5PS. The van der Waals surface area contributed by atoms with Crippen molar-refractivity contribution < 1.29 is 18.7 Å². The van der Waals surface area contributed by atoms with E-state index in [-0.39, 0.29) is 11.9 Å². The Morgan fingerprint density at radius 2 is 2.46 bits per heavy atom. The number of rotatable bonds is 4. The molecule has 0 bridgehead atoms. The summed E-state index contributed by atoms with van der Waals surface area (Å²) in [6, 6.07) is 0. The third kappa shape index (κ3) is 2.85. The fourth-order valence-corrected chi connectivity index (χ4v) is 1.33. The molecule has 0 fully saturated rings. The zero-order valence-electron chi connectivity index (χ0n) is 6.54. The van der Waals surface area contributed by atoms with Crippen LogP contribution < -0.4 is 9.61 Å². The van der Waals surface area contributed by atoms with E-state index in [0.717, 1.165) is 16.0 Å². The lowest BCUT2D eigenvalue weighted by Crippen LogP contribution is -2.15. The minimum Gasteiger partial charge on any atom is -0.472 e. The lowest BCUT2D eigenvalue weighted by Gasteiger charge is -1.95. The molecule has 1 atom stereocenters. The molecule has 0 amide bonds. The maximum absolute atomic E-state index is 11.0. The molecule has 1 unspecified atom stereocenters. The molecule has 0 aliphatic carbocycles. The fourth-order valence-electron chi connectivity index (χ4n) is 0.555. The van der Waals surface area contributed by atoms with Crippen molar-refractivity contribution in [1.82, 2.24) is 9.78 Å². The van der Waals surface area contributed by atoms with Gasteiger partial charge in [-0.3, -0.25) is 14.2 Å². The minimum absolute atomic E-state index is 0.182. The van der Waals surface area contributed by atoms with Crippen LogP contribution in [0.5, 0.6) is 5.19 Å². The summed E-state index contributed by atoms with van der Waals surface area (Å²) in [5.74, 6) is 0. The number of nitrogens with zero attached hydrogens (tertiary/aromatic N) is 2. The molecule has 9 heteroatoms. The molecule has 1 rings (SSSR count). The Kier molecular flexibility index (Phi) is 3.49. The summed E-state index contributed by atoms with van der Waals surface area (Å²) in [6.07, 6.45) is 0. The molecule has 0 saturated heterocycles. The molecule has 13 heavy (non-hydrogen) atoms. The van der Waals surface area contributed by atoms with Gasteiger partial charge in [-0.25, -0.2) is 4.57 Å². The van der Waals surface area contributed by atoms with Crippen molar-refractivity contribution in [3.05, 3.63) is 9.67 Å². The van der Waals surface area contributed by atoms with E-state index in [1.54, 1.807) is 0 Å². The molecule has 1 aromatic rings. The average molecular weight is 225 g/mol. The third-order valence-corrected chi connectivity index (χ3v) is 2.20. The molecule has 1 heterocycles. The Morgan fingerprint density at radius 1 is 1.77 bits per heavy atom. The van der Waals surface area contributed by atoms with E-state index in [4.69, 9.17) is 4.89 Å². The zero-order valence-corrected chi connectivity index (χ0v) is 8.25. The van der Waals surface area contributed by atoms with Gasteiger partial charge in [-0.2, -0.15) is 4.68 Å². The van der Waals surface area contributed by atoms with E-state index in [1.165, 1.54) is 7.11 Å². The second kappa shape index (κ2) is 4.43. The van der Waals surface area contributed by atoms with Crippen molar-refractivity contribution in [3.8, 4) is 5.19 Å². The quantitative estimate of drug-likeness (QED) is 0.721. The van der Waals surface area contributed by atoms with Crippen LogP contribution in [-0.4, -0.2) is 21.8 Å². The highest BCUT2D eigenvalue weighted by Crippen LogP contribution is 2.15. The molecule has 0 aliphatic heterocycles. The first-order valence-electron chi connectivity index (χ1n) is 3.04. The SMILES string of the molecule is COc1nn(CO[P](=O)O)c(=O)s1. The van der Waals surface area contributed by atoms with E-state index in [0.29, 0.717) is 0 Å². The van der Waals surface area contributed by atoms with Gasteiger partial charge in [-0.15, -0.1) is 5.10 Å². The van der Waals surface area contributed by atoms with Crippen molar-refractivity contribution >= 4 is 19.6 Å². The monoisotopic (exact) mass is 225 g/mol. The van der Waals surface area contributed by atoms with Gasteiger partial charge in [0.15, 0.2) is 6.73 Å². The van der Waals surface area contributed by atoms with Crippen LogP contribution in [0.4, 0.5) is 0 Å². The van der Waals surface area contributed by atoms with E-state index in [2.05, 4.69) is 14.4 Å². The molecule has 7 nitrogen and oxygen atoms in total. The summed E-state index contributed by atoms with van der Waals surface area (Å²) in [5, 5.41) is 3.82. The number of aromatic nitrogens is 2. The van der Waals surface area contributed by atoms with E-state index >= 15 is 0 Å². The van der Waals surface area contributed by atoms with Gasteiger partial charge in [-0.1, -0.05) is 0 Å². The molecular weight excluding hydrogens is 219 g/mol. The fraction of sp³-hybridized carbons (Fsp3) is 0.500. The van der Waals surface area contributed by atoms with Gasteiger partial charge >= 0.3 is 13.1 Å². The van der Waals surface area contributed by atoms with Gasteiger partial charge in [0.05, 0.1) is 7.11 Å². The molecule has 0 aromatic carbocycles. The lowest BCUT2D eigenvalue weighted by atomic mass is 11.2. The maximum Gasteiger partial charge on any atom is 0.367 e. The van der Waals surface area contributed by atoms with Crippen molar-refractivity contribution in [2.75, 3.05) is 7.11 Å². The maximum atomic E-state index is 11.0. The topological polar surface area (TPSA) is 90.7 Å². The highest BCUT2D eigenvalue weighted by atomic mass is 32.1. The van der Waals surface area contributed by atoms with Gasteiger partial charge in [-0.05, 0) is 11.3 Å². The smallest absolute Gasteiger partial charge is 0.367 e. The molecule has 1 aromatic heterocycles. The van der Waals surface area contributed by atoms with Crippen LogP contribution in [0.1, 0.15) is 0 Å². The van der Waals surface area contributed by atoms with E-state index < -0.39 is 13.1 Å². The highest BCUT2D eigenvalue weighted by Gasteiger charge is 2.06. The Bertz CT molecular complexity index is 360. The normalized spacial score (nSPS) is 11.4. The zero-order chi connectivity index (χ0) is 9.84. The number of methoxy groups -OCH3 is 1. The first kappa shape index (κ1) is 10.3. The summed E-state index contributed by atoms with van der Waals surface area (Å²) in [4.78, 5) is 18.9. The summed E-state index contributed by atoms with van der Waals surface area (Å²) in [5.41, 5.74) is 0. The third-order valence-electron chi connectivity index (χ3n) is 1.05. The molecule has 1 N–H and O–H groups in total. The van der Waals surface area contributed by atoms with Gasteiger partial charge in [0.1, 0.15) is 0 Å². The van der Waals surface area contributed by atoms with Crippen molar-refractivity contribution in [1.29, 1.82) is 0 Å². The number of ether oxygens (including phenoxy) is 1. The average Bonchev–Trinajstić information content (AvgIpc) is 2.43. The largest absolute Gasteiger partial charge is 0.472 e. The van der Waals surface area contributed by atoms with E-state index in [1.807, 2.05) is 0 Å². The molecule has 1 radical (unpaired) electrons. The van der Waals surface area contributed by atoms with Crippen molar-refractivity contribution in [2.24, 2.45) is 0 Å². The van der Waals surface area contributed by atoms with Crippen LogP contribution in [0.15, 0.2) is 4.79 Å². The molecule has 0 aliphatic rings. The second-order valence-electron chi connectivity index (χ2n) is 1.83. The van der Waals surface area contributed by atoms with Gasteiger partial charge in [0, 0.05) is 0 Å². The Hall–Kier alpha value is -0.820. The van der Waals surface area contributed by atoms with Gasteiger partial charge in [0.2, 0.25) is 0 Å². The lowest BCUT2D eigenvalue weighted by molar-refractivity contribution is 0.199. The highest BCUT2D eigenvalue weighted by molar-refractivity contribution is 7.32. The molecule has 73 valence electrons. The Labute approximate surface area is 77.5 Å². The summed E-state index contributed by atoms with van der Waals surface area (Å²) < 4.78 is 20.0. The Balaban J connectivity index is 2.71. The number of hydrogen-bond acceptors (Lipinski definition) is 6. The minimum atomic E-state index is -2.72. The van der Waals surface area contributed by atoms with Crippen LogP contribution in [0, 0.1) is 0 Å². The van der Waals surface area contributed by atoms with Crippen LogP contribution in [0.2, 0.25) is 0 Å². The predicted molar refractivity (Wildman–Crippen MR) is 43.8 cm³/mol. The van der Waals surface area contributed by atoms with E-state index in [9.17, 15) is 9.36 Å². The summed E-state index contributed by atoms with van der Waals surface area (Å²) in [7, 11) is -1.35. The first-order valence-corrected chi connectivity index (χ1v) is 4.99. The van der Waals surface area contributed by atoms with Gasteiger partial charge in [0.25, 0.3) is 5.19 Å². The van der Waals surface area contributed by atoms with Crippen molar-refractivity contribution in [3.63, 3.8) is 0 Å². The van der Waals surface area contributed by atoms with Crippen molar-refractivity contribution in [2.45, 2.75) is 6.73 Å². The molecule has 0 saturated carbocycles. The molecule has 0 spiro atoms. The predicted octanol–water partition coefficient (Wildman–Crippen LogP) is -0.0628. The Morgan fingerprint density at radius 3 is 2.92 bits per heavy atom. The first-order chi connectivity index (χ1) is 6.13. The van der Waals surface area contributed by atoms with Gasteiger partial charge < -0.3 is 4.74 Å².